The number of carbonyl (C=O) groups is 1. The van der Waals surface area contributed by atoms with Crippen molar-refractivity contribution >= 4 is 43.0 Å². The zero-order valence-electron chi connectivity index (χ0n) is 13.9. The Morgan fingerprint density at radius 2 is 2.00 bits per heavy atom. The molecule has 0 aromatic carbocycles. The molecule has 1 saturated heterocycles. The van der Waals surface area contributed by atoms with Gasteiger partial charge in [-0.15, -0.1) is 11.3 Å². The SMILES string of the molecule is CCc1cc2sccc2c(N2CCN(C(=O)CS(C)(=O)=O)CC2)n1. The van der Waals surface area contributed by atoms with E-state index in [0.717, 1.165) is 29.6 Å². The van der Waals surface area contributed by atoms with E-state index >= 15 is 0 Å². The fourth-order valence-electron chi connectivity index (χ4n) is 2.90. The summed E-state index contributed by atoms with van der Waals surface area (Å²) in [5.41, 5.74) is 1.07. The maximum Gasteiger partial charge on any atom is 0.237 e. The fraction of sp³-hybridized carbons (Fsp3) is 0.500. The molecule has 1 aliphatic rings. The van der Waals surface area contributed by atoms with Crippen molar-refractivity contribution in [2.45, 2.75) is 13.3 Å². The van der Waals surface area contributed by atoms with Gasteiger partial charge in [-0.3, -0.25) is 4.79 Å². The highest BCUT2D eigenvalue weighted by atomic mass is 32.2. The molecule has 6 nitrogen and oxygen atoms in total. The minimum atomic E-state index is -3.28. The van der Waals surface area contributed by atoms with Crippen LogP contribution >= 0.6 is 11.3 Å². The smallest absolute Gasteiger partial charge is 0.237 e. The standard InChI is InChI=1S/C16H21N3O3S2/c1-3-12-10-14-13(4-9-23-14)16(17-12)19-7-5-18(6-8-19)15(20)11-24(2,21)22/h4,9-10H,3,5-8,11H2,1-2H3. The van der Waals surface area contributed by atoms with Gasteiger partial charge in [-0.2, -0.15) is 0 Å². The summed E-state index contributed by atoms with van der Waals surface area (Å²) in [7, 11) is -3.28. The number of carbonyl (C=O) groups excluding carboxylic acids is 1. The van der Waals surface area contributed by atoms with Crippen LogP contribution in [0.4, 0.5) is 5.82 Å². The van der Waals surface area contributed by atoms with Crippen LogP contribution in [0.15, 0.2) is 17.5 Å². The molecule has 2 aromatic heterocycles. The molecule has 0 bridgehead atoms. The Kier molecular flexibility index (Phi) is 4.78. The molecular weight excluding hydrogens is 346 g/mol. The molecule has 0 unspecified atom stereocenters. The summed E-state index contributed by atoms with van der Waals surface area (Å²) in [6.07, 6.45) is 1.97. The number of nitrogens with zero attached hydrogens (tertiary/aromatic N) is 3. The molecule has 0 radical (unpaired) electrons. The number of aromatic nitrogens is 1. The van der Waals surface area contributed by atoms with Gasteiger partial charge in [0.25, 0.3) is 0 Å². The van der Waals surface area contributed by atoms with Gasteiger partial charge in [-0.05, 0) is 23.9 Å². The van der Waals surface area contributed by atoms with Crippen molar-refractivity contribution in [1.82, 2.24) is 9.88 Å². The summed E-state index contributed by atoms with van der Waals surface area (Å²) in [5, 5.41) is 3.22. The van der Waals surface area contributed by atoms with Crippen molar-refractivity contribution in [3.63, 3.8) is 0 Å². The number of aryl methyl sites for hydroxylation is 1. The van der Waals surface area contributed by atoms with E-state index in [1.807, 2.05) is 0 Å². The first-order chi connectivity index (χ1) is 11.4. The van der Waals surface area contributed by atoms with E-state index in [4.69, 9.17) is 4.98 Å². The van der Waals surface area contributed by atoms with E-state index in [9.17, 15) is 13.2 Å². The zero-order chi connectivity index (χ0) is 17.3. The average Bonchev–Trinajstić information content (AvgIpc) is 3.00. The van der Waals surface area contributed by atoms with Gasteiger partial charge in [0.2, 0.25) is 5.91 Å². The third-order valence-electron chi connectivity index (χ3n) is 4.16. The minimum absolute atomic E-state index is 0.312. The molecule has 2 aromatic rings. The molecule has 8 heteroatoms. The average molecular weight is 367 g/mol. The van der Waals surface area contributed by atoms with Gasteiger partial charge in [0.15, 0.2) is 9.84 Å². The second-order valence-corrected chi connectivity index (χ2v) is 9.15. The summed E-state index contributed by atoms with van der Waals surface area (Å²) in [6.45, 7) is 4.48. The van der Waals surface area contributed by atoms with Crippen molar-refractivity contribution in [1.29, 1.82) is 0 Å². The fourth-order valence-corrected chi connectivity index (χ4v) is 4.38. The molecule has 3 heterocycles. The van der Waals surface area contributed by atoms with Crippen LogP contribution < -0.4 is 4.90 Å². The lowest BCUT2D eigenvalue weighted by Crippen LogP contribution is -2.50. The van der Waals surface area contributed by atoms with Crippen LogP contribution in [0.1, 0.15) is 12.6 Å². The lowest BCUT2D eigenvalue weighted by Gasteiger charge is -2.35. The summed E-state index contributed by atoms with van der Waals surface area (Å²) < 4.78 is 23.8. The highest BCUT2D eigenvalue weighted by Crippen LogP contribution is 2.30. The first-order valence-corrected chi connectivity index (χ1v) is 10.9. The molecule has 0 aliphatic carbocycles. The van der Waals surface area contributed by atoms with Gasteiger partial charge in [-0.25, -0.2) is 13.4 Å². The first kappa shape index (κ1) is 17.2. The van der Waals surface area contributed by atoms with E-state index in [1.54, 1.807) is 16.2 Å². The third-order valence-corrected chi connectivity index (χ3v) is 5.80. The molecule has 0 atom stereocenters. The monoisotopic (exact) mass is 367 g/mol. The molecule has 24 heavy (non-hydrogen) atoms. The molecule has 130 valence electrons. The zero-order valence-corrected chi connectivity index (χ0v) is 15.5. The van der Waals surface area contributed by atoms with Crippen LogP contribution in [0.3, 0.4) is 0 Å². The molecule has 0 saturated carbocycles. The van der Waals surface area contributed by atoms with Crippen LogP contribution in [0.25, 0.3) is 10.1 Å². The maximum absolute atomic E-state index is 12.0. The second-order valence-electron chi connectivity index (χ2n) is 6.06. The van der Waals surface area contributed by atoms with Crippen molar-refractivity contribution in [3.8, 4) is 0 Å². The summed E-state index contributed by atoms with van der Waals surface area (Å²) >= 11 is 1.71. The van der Waals surface area contributed by atoms with Gasteiger partial charge < -0.3 is 9.80 Å². The van der Waals surface area contributed by atoms with Gasteiger partial charge >= 0.3 is 0 Å². The number of rotatable bonds is 4. The number of fused-ring (bicyclic) bond motifs is 1. The number of anilines is 1. The maximum atomic E-state index is 12.0. The van der Waals surface area contributed by atoms with Gasteiger partial charge in [-0.1, -0.05) is 6.92 Å². The lowest BCUT2D eigenvalue weighted by atomic mass is 10.2. The quantitative estimate of drug-likeness (QED) is 0.820. The second kappa shape index (κ2) is 6.68. The third kappa shape index (κ3) is 3.70. The van der Waals surface area contributed by atoms with Crippen LogP contribution in [-0.2, 0) is 21.1 Å². The minimum Gasteiger partial charge on any atom is -0.353 e. The normalized spacial score (nSPS) is 15.9. The number of hydrogen-bond acceptors (Lipinski definition) is 6. The highest BCUT2D eigenvalue weighted by molar-refractivity contribution is 7.91. The van der Waals surface area contributed by atoms with Crippen LogP contribution in [0.5, 0.6) is 0 Å². The number of sulfone groups is 1. The molecular formula is C16H21N3O3S2. The first-order valence-electron chi connectivity index (χ1n) is 7.95. The molecule has 3 rings (SSSR count). The van der Waals surface area contributed by atoms with Crippen molar-refractivity contribution in [3.05, 3.63) is 23.2 Å². The molecule has 1 aliphatic heterocycles. The predicted octanol–water partition coefficient (Wildman–Crippen LogP) is 1.55. The largest absolute Gasteiger partial charge is 0.353 e. The van der Waals surface area contributed by atoms with Gasteiger partial charge in [0.05, 0.1) is 0 Å². The Bertz CT molecular complexity index is 853. The van der Waals surface area contributed by atoms with E-state index in [2.05, 4.69) is 29.3 Å². The summed E-state index contributed by atoms with van der Waals surface area (Å²) in [5.74, 6) is 0.250. The van der Waals surface area contributed by atoms with Gasteiger partial charge in [0, 0.05) is 48.2 Å². The number of piperazine rings is 1. The Labute approximate surface area is 146 Å². The van der Waals surface area contributed by atoms with E-state index in [-0.39, 0.29) is 5.91 Å². The molecule has 0 spiro atoms. The highest BCUT2D eigenvalue weighted by Gasteiger charge is 2.25. The summed E-state index contributed by atoms with van der Waals surface area (Å²) in [4.78, 5) is 20.6. The van der Waals surface area contributed by atoms with E-state index < -0.39 is 15.6 Å². The Morgan fingerprint density at radius 3 is 2.62 bits per heavy atom. The lowest BCUT2D eigenvalue weighted by molar-refractivity contribution is -0.128. The van der Waals surface area contributed by atoms with E-state index in [1.165, 1.54) is 4.70 Å². The Balaban J connectivity index is 1.75. The van der Waals surface area contributed by atoms with Crippen molar-refractivity contribution in [2.24, 2.45) is 0 Å². The number of thiophene rings is 1. The predicted molar refractivity (Wildman–Crippen MR) is 97.5 cm³/mol. The van der Waals surface area contributed by atoms with Crippen molar-refractivity contribution < 1.29 is 13.2 Å². The van der Waals surface area contributed by atoms with Gasteiger partial charge in [0.1, 0.15) is 11.6 Å². The molecule has 1 fully saturated rings. The number of pyridine rings is 1. The van der Waals surface area contributed by atoms with Crippen molar-refractivity contribution in [2.75, 3.05) is 43.1 Å². The number of amides is 1. The Hall–Kier alpha value is -1.67. The van der Waals surface area contributed by atoms with E-state index in [0.29, 0.717) is 26.2 Å². The van der Waals surface area contributed by atoms with Crippen LogP contribution in [-0.4, -0.2) is 62.4 Å². The molecule has 1 amide bonds. The number of hydrogen-bond donors (Lipinski definition) is 0. The topological polar surface area (TPSA) is 70.6 Å². The Morgan fingerprint density at radius 1 is 1.29 bits per heavy atom. The van der Waals surface area contributed by atoms with Crippen LogP contribution in [0.2, 0.25) is 0 Å². The summed E-state index contributed by atoms with van der Waals surface area (Å²) in [6, 6.07) is 4.22. The van der Waals surface area contributed by atoms with Crippen LogP contribution in [0, 0.1) is 0 Å². The molecule has 0 N–H and O–H groups in total.